The summed E-state index contributed by atoms with van der Waals surface area (Å²) >= 11 is 0. The molecular weight excluding hydrogens is 310 g/mol. The van der Waals surface area contributed by atoms with Crippen LogP contribution in [0.3, 0.4) is 0 Å². The summed E-state index contributed by atoms with van der Waals surface area (Å²) in [5, 5.41) is 2.62. The topological polar surface area (TPSA) is 73.9 Å². The number of carbonyl (C=O) groups is 2. The summed E-state index contributed by atoms with van der Waals surface area (Å²) in [6.07, 6.45) is 4.72. The highest BCUT2D eigenvalue weighted by molar-refractivity contribution is 5.81. The Morgan fingerprint density at radius 2 is 1.88 bits per heavy atom. The molecule has 3 atom stereocenters. The van der Waals surface area contributed by atoms with Crippen LogP contribution in [0.25, 0.3) is 0 Å². The Labute approximate surface area is 140 Å². The third-order valence-corrected chi connectivity index (χ3v) is 4.37. The maximum absolute atomic E-state index is 12.5. The van der Waals surface area contributed by atoms with E-state index < -0.39 is 18.1 Å². The van der Waals surface area contributed by atoms with Crippen LogP contribution < -0.4 is 5.32 Å². The summed E-state index contributed by atoms with van der Waals surface area (Å²) in [5.74, 6) is -0.498. The Kier molecular flexibility index (Phi) is 5.15. The van der Waals surface area contributed by atoms with Gasteiger partial charge in [-0.25, -0.2) is 9.59 Å². The van der Waals surface area contributed by atoms with Crippen molar-refractivity contribution >= 4 is 12.1 Å². The number of ether oxygens (including phenoxy) is 3. The van der Waals surface area contributed by atoms with E-state index in [4.69, 9.17) is 9.47 Å². The SMILES string of the molecule is COC(=O)NC(C(=O)OCc1ccccc1)C1CC2C=CC(C1)O2. The van der Waals surface area contributed by atoms with E-state index in [1.807, 2.05) is 42.5 Å². The van der Waals surface area contributed by atoms with E-state index in [0.717, 1.165) is 5.56 Å². The molecule has 1 N–H and O–H groups in total. The van der Waals surface area contributed by atoms with Gasteiger partial charge in [0.1, 0.15) is 12.6 Å². The summed E-state index contributed by atoms with van der Waals surface area (Å²) < 4.78 is 15.8. The zero-order valence-electron chi connectivity index (χ0n) is 13.5. The van der Waals surface area contributed by atoms with Crippen molar-refractivity contribution in [3.63, 3.8) is 0 Å². The smallest absolute Gasteiger partial charge is 0.407 e. The van der Waals surface area contributed by atoms with Crippen LogP contribution >= 0.6 is 0 Å². The molecule has 6 heteroatoms. The largest absolute Gasteiger partial charge is 0.459 e. The van der Waals surface area contributed by atoms with E-state index in [2.05, 4.69) is 10.1 Å². The predicted octanol–water partition coefficient (Wildman–Crippen LogP) is 2.19. The first-order valence-corrected chi connectivity index (χ1v) is 8.04. The van der Waals surface area contributed by atoms with Gasteiger partial charge in [0.25, 0.3) is 0 Å². The first-order valence-electron chi connectivity index (χ1n) is 8.04. The number of carbonyl (C=O) groups excluding carboxylic acids is 2. The first-order chi connectivity index (χ1) is 11.7. The lowest BCUT2D eigenvalue weighted by Crippen LogP contribution is -2.49. The molecule has 3 rings (SSSR count). The van der Waals surface area contributed by atoms with Crippen molar-refractivity contribution in [3.8, 4) is 0 Å². The highest BCUT2D eigenvalue weighted by atomic mass is 16.5. The van der Waals surface area contributed by atoms with E-state index in [-0.39, 0.29) is 24.7 Å². The molecule has 0 spiro atoms. The van der Waals surface area contributed by atoms with Crippen molar-refractivity contribution in [2.75, 3.05) is 7.11 Å². The quantitative estimate of drug-likeness (QED) is 0.661. The number of amides is 1. The number of alkyl carbamates (subject to hydrolysis) is 1. The molecule has 1 amide bonds. The maximum Gasteiger partial charge on any atom is 0.407 e. The number of hydrogen-bond donors (Lipinski definition) is 1. The Hall–Kier alpha value is -2.34. The molecule has 24 heavy (non-hydrogen) atoms. The monoisotopic (exact) mass is 331 g/mol. The average Bonchev–Trinajstić information content (AvgIpc) is 2.96. The minimum atomic E-state index is -0.741. The number of esters is 1. The minimum Gasteiger partial charge on any atom is -0.459 e. The van der Waals surface area contributed by atoms with Gasteiger partial charge in [0.05, 0.1) is 19.3 Å². The molecule has 0 radical (unpaired) electrons. The molecule has 0 saturated carbocycles. The molecule has 6 nitrogen and oxygen atoms in total. The maximum atomic E-state index is 12.5. The summed E-state index contributed by atoms with van der Waals surface area (Å²) in [6.45, 7) is 0.174. The summed E-state index contributed by atoms with van der Waals surface area (Å²) in [5.41, 5.74) is 0.899. The minimum absolute atomic E-state index is 0.00220. The molecule has 128 valence electrons. The van der Waals surface area contributed by atoms with Crippen LogP contribution in [-0.2, 0) is 25.6 Å². The van der Waals surface area contributed by atoms with Gasteiger partial charge in [0.2, 0.25) is 0 Å². The van der Waals surface area contributed by atoms with E-state index in [9.17, 15) is 9.59 Å². The Morgan fingerprint density at radius 1 is 1.21 bits per heavy atom. The van der Waals surface area contributed by atoms with E-state index >= 15 is 0 Å². The fraction of sp³-hybridized carbons (Fsp3) is 0.444. The Morgan fingerprint density at radius 3 is 2.50 bits per heavy atom. The lowest BCUT2D eigenvalue weighted by molar-refractivity contribution is -0.150. The second kappa shape index (κ2) is 7.49. The predicted molar refractivity (Wildman–Crippen MR) is 86.1 cm³/mol. The van der Waals surface area contributed by atoms with Gasteiger partial charge in [-0.1, -0.05) is 42.5 Å². The fourth-order valence-electron chi connectivity index (χ4n) is 3.17. The van der Waals surface area contributed by atoms with Crippen LogP contribution in [-0.4, -0.2) is 37.4 Å². The zero-order chi connectivity index (χ0) is 16.9. The van der Waals surface area contributed by atoms with E-state index in [1.165, 1.54) is 7.11 Å². The first kappa shape index (κ1) is 16.5. The van der Waals surface area contributed by atoms with Crippen LogP contribution in [0.4, 0.5) is 4.79 Å². The third kappa shape index (κ3) is 3.94. The van der Waals surface area contributed by atoms with Gasteiger partial charge in [-0.05, 0) is 24.3 Å². The molecule has 1 aromatic carbocycles. The Balaban J connectivity index is 1.65. The van der Waals surface area contributed by atoms with Gasteiger partial charge < -0.3 is 19.5 Å². The average molecular weight is 331 g/mol. The van der Waals surface area contributed by atoms with Gasteiger partial charge in [-0.3, -0.25) is 0 Å². The number of nitrogens with one attached hydrogen (secondary N) is 1. The number of methoxy groups -OCH3 is 1. The van der Waals surface area contributed by atoms with Crippen LogP contribution in [0, 0.1) is 5.92 Å². The third-order valence-electron chi connectivity index (χ3n) is 4.37. The molecule has 3 unspecified atom stereocenters. The molecule has 1 aromatic rings. The fourth-order valence-corrected chi connectivity index (χ4v) is 3.17. The van der Waals surface area contributed by atoms with Crippen molar-refractivity contribution in [1.29, 1.82) is 0 Å². The van der Waals surface area contributed by atoms with E-state index in [1.54, 1.807) is 0 Å². The second-order valence-corrected chi connectivity index (χ2v) is 6.04. The van der Waals surface area contributed by atoms with Crippen LogP contribution in [0.1, 0.15) is 18.4 Å². The van der Waals surface area contributed by atoms with Crippen molar-refractivity contribution < 1.29 is 23.8 Å². The molecular formula is C18H21NO5. The lowest BCUT2D eigenvalue weighted by atomic mass is 9.88. The zero-order valence-corrected chi connectivity index (χ0v) is 13.5. The van der Waals surface area contributed by atoms with Crippen LogP contribution in [0.2, 0.25) is 0 Å². The van der Waals surface area contributed by atoms with Gasteiger partial charge in [0, 0.05) is 0 Å². The van der Waals surface area contributed by atoms with Gasteiger partial charge >= 0.3 is 12.1 Å². The number of hydrogen-bond acceptors (Lipinski definition) is 5. The molecule has 2 heterocycles. The molecule has 1 saturated heterocycles. The molecule has 2 bridgehead atoms. The van der Waals surface area contributed by atoms with Gasteiger partial charge in [-0.2, -0.15) is 0 Å². The normalized spacial score (nSPS) is 25.8. The van der Waals surface area contributed by atoms with Crippen molar-refractivity contribution in [2.45, 2.75) is 37.7 Å². The summed E-state index contributed by atoms with van der Waals surface area (Å²) in [6, 6.07) is 8.70. The van der Waals surface area contributed by atoms with Crippen LogP contribution in [0.15, 0.2) is 42.5 Å². The molecule has 0 aliphatic carbocycles. The highest BCUT2D eigenvalue weighted by Crippen LogP contribution is 2.33. The molecule has 0 aromatic heterocycles. The van der Waals surface area contributed by atoms with Gasteiger partial charge in [-0.15, -0.1) is 0 Å². The van der Waals surface area contributed by atoms with E-state index in [0.29, 0.717) is 12.8 Å². The summed E-state index contributed by atoms with van der Waals surface area (Å²) in [7, 11) is 1.27. The van der Waals surface area contributed by atoms with Gasteiger partial charge in [0.15, 0.2) is 0 Å². The lowest BCUT2D eigenvalue weighted by Gasteiger charge is -2.33. The number of benzene rings is 1. The number of rotatable bonds is 5. The Bertz CT molecular complexity index is 601. The molecule has 2 aliphatic rings. The highest BCUT2D eigenvalue weighted by Gasteiger charge is 2.39. The molecule has 2 aliphatic heterocycles. The summed E-state index contributed by atoms with van der Waals surface area (Å²) in [4.78, 5) is 24.2. The standard InChI is InChI=1S/C18H21NO5/c1-22-18(21)19-16(13-9-14-7-8-15(10-13)24-14)17(20)23-11-12-5-3-2-4-6-12/h2-8,13-16H,9-11H2,1H3,(H,19,21). The van der Waals surface area contributed by atoms with Crippen LogP contribution in [0.5, 0.6) is 0 Å². The van der Waals surface area contributed by atoms with Crippen molar-refractivity contribution in [2.24, 2.45) is 5.92 Å². The van der Waals surface area contributed by atoms with Crippen molar-refractivity contribution in [1.82, 2.24) is 5.32 Å². The second-order valence-electron chi connectivity index (χ2n) is 6.04. The number of fused-ring (bicyclic) bond motifs is 2. The molecule has 1 fully saturated rings. The van der Waals surface area contributed by atoms with Crippen molar-refractivity contribution in [3.05, 3.63) is 48.0 Å².